The van der Waals surface area contributed by atoms with Crippen LogP contribution in [-0.4, -0.2) is 20.7 Å². The van der Waals surface area contributed by atoms with Crippen LogP contribution in [0.3, 0.4) is 0 Å². The summed E-state index contributed by atoms with van der Waals surface area (Å²) in [6.07, 6.45) is 1.63. The third-order valence-electron chi connectivity index (χ3n) is 3.90. The number of para-hydroxylation sites is 1. The number of halogens is 1. The summed E-state index contributed by atoms with van der Waals surface area (Å²) in [6.45, 7) is -0.327. The number of aromatic nitrogens is 3. The number of nitrogens with one attached hydrogen (secondary N) is 1. The third kappa shape index (κ3) is 3.45. The van der Waals surface area contributed by atoms with E-state index < -0.39 is 17.5 Å². The predicted molar refractivity (Wildman–Crippen MR) is 96.5 cm³/mol. The van der Waals surface area contributed by atoms with Gasteiger partial charge in [-0.3, -0.25) is 9.78 Å². The molecule has 8 heteroatoms. The summed E-state index contributed by atoms with van der Waals surface area (Å²) in [5.41, 5.74) is 1.62. The van der Waals surface area contributed by atoms with Crippen molar-refractivity contribution >= 4 is 22.5 Å². The van der Waals surface area contributed by atoms with Crippen molar-refractivity contribution in [2.75, 3.05) is 5.32 Å². The van der Waals surface area contributed by atoms with Crippen molar-refractivity contribution < 1.29 is 13.6 Å². The molecule has 7 nitrogen and oxygen atoms in total. The van der Waals surface area contributed by atoms with Gasteiger partial charge in [0.2, 0.25) is 11.8 Å². The second-order valence-electron chi connectivity index (χ2n) is 5.77. The minimum Gasteiger partial charge on any atom is -0.388 e. The largest absolute Gasteiger partial charge is 0.437 e. The standard InChI is InChI=1S/C19H13FN4O3/c20-14-8-6-13(7-9-14)18-23-24(19(26)27-18)11-16(25)22-15-5-1-3-12-4-2-10-21-17(12)15/h1-10H,11H2,(H,22,25). The number of fused-ring (bicyclic) bond motifs is 1. The van der Waals surface area contributed by atoms with Crippen molar-refractivity contribution in [2.45, 2.75) is 6.54 Å². The molecule has 1 amide bonds. The fourth-order valence-electron chi connectivity index (χ4n) is 2.65. The van der Waals surface area contributed by atoms with Crippen LogP contribution in [0.4, 0.5) is 10.1 Å². The van der Waals surface area contributed by atoms with Gasteiger partial charge in [0.05, 0.1) is 11.2 Å². The average molecular weight is 364 g/mol. The van der Waals surface area contributed by atoms with Crippen LogP contribution < -0.4 is 11.1 Å². The first-order valence-electron chi connectivity index (χ1n) is 8.08. The number of pyridine rings is 1. The Balaban J connectivity index is 1.55. The van der Waals surface area contributed by atoms with Gasteiger partial charge < -0.3 is 9.73 Å². The first kappa shape index (κ1) is 16.6. The van der Waals surface area contributed by atoms with E-state index in [9.17, 15) is 14.0 Å². The zero-order valence-corrected chi connectivity index (χ0v) is 13.9. The van der Waals surface area contributed by atoms with E-state index >= 15 is 0 Å². The number of amides is 1. The van der Waals surface area contributed by atoms with Crippen LogP contribution in [0.15, 0.2) is 70.0 Å². The minimum absolute atomic E-state index is 0.0135. The third-order valence-corrected chi connectivity index (χ3v) is 3.90. The molecule has 0 radical (unpaired) electrons. The van der Waals surface area contributed by atoms with Crippen LogP contribution in [0.5, 0.6) is 0 Å². The van der Waals surface area contributed by atoms with E-state index in [4.69, 9.17) is 4.42 Å². The maximum atomic E-state index is 13.0. The molecule has 2 aromatic carbocycles. The Kier molecular flexibility index (Phi) is 4.21. The summed E-state index contributed by atoms with van der Waals surface area (Å²) in [4.78, 5) is 28.5. The summed E-state index contributed by atoms with van der Waals surface area (Å²) in [7, 11) is 0. The average Bonchev–Trinajstić information content (AvgIpc) is 3.03. The highest BCUT2D eigenvalue weighted by Crippen LogP contribution is 2.20. The smallest absolute Gasteiger partial charge is 0.388 e. The van der Waals surface area contributed by atoms with Crippen LogP contribution in [0.2, 0.25) is 0 Å². The van der Waals surface area contributed by atoms with Gasteiger partial charge in [0.1, 0.15) is 12.4 Å². The minimum atomic E-state index is -0.777. The lowest BCUT2D eigenvalue weighted by Gasteiger charge is -2.07. The van der Waals surface area contributed by atoms with Crippen molar-refractivity contribution in [2.24, 2.45) is 0 Å². The molecule has 1 N–H and O–H groups in total. The summed E-state index contributed by atoms with van der Waals surface area (Å²) in [5.74, 6) is -1.63. The molecular weight excluding hydrogens is 351 g/mol. The van der Waals surface area contributed by atoms with Crippen LogP contribution in [0.25, 0.3) is 22.4 Å². The normalized spacial score (nSPS) is 10.9. The molecular formula is C19H13FN4O3. The van der Waals surface area contributed by atoms with Crippen LogP contribution >= 0.6 is 0 Å². The van der Waals surface area contributed by atoms with E-state index in [1.807, 2.05) is 12.1 Å². The summed E-state index contributed by atoms with van der Waals surface area (Å²) < 4.78 is 19.0. The van der Waals surface area contributed by atoms with Gasteiger partial charge in [-0.25, -0.2) is 9.18 Å². The summed E-state index contributed by atoms with van der Waals surface area (Å²) in [6, 6.07) is 14.4. The molecule has 0 aliphatic rings. The van der Waals surface area contributed by atoms with E-state index in [1.165, 1.54) is 24.3 Å². The van der Waals surface area contributed by atoms with Crippen LogP contribution in [-0.2, 0) is 11.3 Å². The highest BCUT2D eigenvalue weighted by atomic mass is 19.1. The second-order valence-corrected chi connectivity index (χ2v) is 5.77. The van der Waals surface area contributed by atoms with Gasteiger partial charge in [0, 0.05) is 17.1 Å². The quantitative estimate of drug-likeness (QED) is 0.601. The Morgan fingerprint density at radius 3 is 2.70 bits per heavy atom. The van der Waals surface area contributed by atoms with Crippen molar-refractivity contribution in [1.29, 1.82) is 0 Å². The Morgan fingerprint density at radius 2 is 1.89 bits per heavy atom. The Bertz CT molecular complexity index is 1180. The molecule has 27 heavy (non-hydrogen) atoms. The molecule has 0 fully saturated rings. The number of anilines is 1. The number of rotatable bonds is 4. The second kappa shape index (κ2) is 6.83. The van der Waals surface area contributed by atoms with Gasteiger partial charge >= 0.3 is 5.76 Å². The van der Waals surface area contributed by atoms with Gasteiger partial charge in [-0.05, 0) is 36.4 Å². The summed E-state index contributed by atoms with van der Waals surface area (Å²) >= 11 is 0. The molecule has 4 rings (SSSR count). The molecule has 2 heterocycles. The van der Waals surface area contributed by atoms with Gasteiger partial charge in [-0.1, -0.05) is 18.2 Å². The predicted octanol–water partition coefficient (Wildman–Crippen LogP) is 2.83. The van der Waals surface area contributed by atoms with Crippen molar-refractivity contribution in [1.82, 2.24) is 14.8 Å². The molecule has 4 aromatic rings. The van der Waals surface area contributed by atoms with E-state index in [-0.39, 0.29) is 12.4 Å². The number of hydrogen-bond acceptors (Lipinski definition) is 5. The lowest BCUT2D eigenvalue weighted by molar-refractivity contribution is -0.117. The van der Waals surface area contributed by atoms with Gasteiger partial charge in [0.25, 0.3) is 0 Å². The van der Waals surface area contributed by atoms with Gasteiger partial charge in [-0.2, -0.15) is 4.68 Å². The van der Waals surface area contributed by atoms with Crippen molar-refractivity contribution in [3.05, 3.63) is 77.2 Å². The fourth-order valence-corrected chi connectivity index (χ4v) is 2.65. The van der Waals surface area contributed by atoms with Crippen molar-refractivity contribution in [3.63, 3.8) is 0 Å². The number of benzene rings is 2. The van der Waals surface area contributed by atoms with Gasteiger partial charge in [-0.15, -0.1) is 5.10 Å². The molecule has 0 unspecified atom stereocenters. The SMILES string of the molecule is O=C(Cn1nc(-c2ccc(F)cc2)oc1=O)Nc1cccc2cccnc12. The zero-order valence-electron chi connectivity index (χ0n) is 13.9. The Hall–Kier alpha value is -3.81. The maximum Gasteiger partial charge on any atom is 0.437 e. The van der Waals surface area contributed by atoms with Crippen LogP contribution in [0, 0.1) is 5.82 Å². The molecule has 0 bridgehead atoms. The number of carbonyl (C=O) groups is 1. The monoisotopic (exact) mass is 364 g/mol. The van der Waals surface area contributed by atoms with Gasteiger partial charge in [0.15, 0.2) is 0 Å². The number of nitrogens with zero attached hydrogens (tertiary/aromatic N) is 3. The molecule has 0 saturated heterocycles. The molecule has 0 spiro atoms. The van der Waals surface area contributed by atoms with E-state index in [0.717, 1.165) is 10.1 Å². The first-order chi connectivity index (χ1) is 13.1. The van der Waals surface area contributed by atoms with Crippen molar-refractivity contribution in [3.8, 4) is 11.5 Å². The number of hydrogen-bond donors (Lipinski definition) is 1. The number of carbonyl (C=O) groups excluding carboxylic acids is 1. The van der Waals surface area contributed by atoms with Crippen LogP contribution in [0.1, 0.15) is 0 Å². The highest BCUT2D eigenvalue weighted by molar-refractivity contribution is 6.00. The molecule has 0 atom stereocenters. The maximum absolute atomic E-state index is 13.0. The summed E-state index contributed by atoms with van der Waals surface area (Å²) in [5, 5.41) is 7.60. The van der Waals surface area contributed by atoms with E-state index in [1.54, 1.807) is 24.4 Å². The fraction of sp³-hybridized carbons (Fsp3) is 0.0526. The lowest BCUT2D eigenvalue weighted by atomic mass is 10.2. The van der Waals surface area contributed by atoms with E-state index in [2.05, 4.69) is 15.4 Å². The molecule has 134 valence electrons. The molecule has 0 saturated carbocycles. The Morgan fingerprint density at radius 1 is 1.11 bits per heavy atom. The highest BCUT2D eigenvalue weighted by Gasteiger charge is 2.14. The molecule has 2 aromatic heterocycles. The topological polar surface area (TPSA) is 90.0 Å². The first-order valence-corrected chi connectivity index (χ1v) is 8.08. The lowest BCUT2D eigenvalue weighted by Crippen LogP contribution is -2.26. The molecule has 0 aliphatic heterocycles. The zero-order chi connectivity index (χ0) is 18.8. The van der Waals surface area contributed by atoms with E-state index in [0.29, 0.717) is 16.8 Å². The molecule has 0 aliphatic carbocycles. The Labute approximate surface area is 152 Å².